The molecule has 3 rings (SSSR count). The summed E-state index contributed by atoms with van der Waals surface area (Å²) in [6, 6.07) is 10.9. The van der Waals surface area contributed by atoms with Crippen molar-refractivity contribution in [3.8, 4) is 0 Å². The van der Waals surface area contributed by atoms with Crippen LogP contribution in [0, 0.1) is 10.1 Å². The highest BCUT2D eigenvalue weighted by molar-refractivity contribution is 7.25. The van der Waals surface area contributed by atoms with Crippen LogP contribution in [0.5, 0.6) is 0 Å². The second-order valence-electron chi connectivity index (χ2n) is 4.37. The highest BCUT2D eigenvalue weighted by atomic mass is 32.1. The standard InChI is InChI=1S/C14H10N2O3S/c1-8(17)15-10-6-7-12-13(14(10)16(18)19)9-4-2-3-5-11(9)20-12/h2-7H,1H3,(H,15,17). The van der Waals surface area contributed by atoms with E-state index in [1.165, 1.54) is 18.3 Å². The first kappa shape index (κ1) is 12.6. The molecule has 1 heterocycles. The number of amides is 1. The molecule has 6 heteroatoms. The Morgan fingerprint density at radius 2 is 1.95 bits per heavy atom. The molecule has 1 amide bonds. The molecule has 0 spiro atoms. The number of rotatable bonds is 2. The molecule has 1 aromatic heterocycles. The number of fused-ring (bicyclic) bond motifs is 3. The van der Waals surface area contributed by atoms with Crippen molar-refractivity contribution in [3.63, 3.8) is 0 Å². The molecule has 0 saturated heterocycles. The van der Waals surface area contributed by atoms with E-state index in [4.69, 9.17) is 0 Å². The van der Waals surface area contributed by atoms with Gasteiger partial charge in [0.25, 0.3) is 0 Å². The number of carbonyl (C=O) groups is 1. The minimum absolute atomic E-state index is 0.0462. The van der Waals surface area contributed by atoms with Crippen LogP contribution in [0.1, 0.15) is 6.92 Å². The van der Waals surface area contributed by atoms with E-state index in [1.54, 1.807) is 12.1 Å². The van der Waals surface area contributed by atoms with Crippen molar-refractivity contribution in [2.75, 3.05) is 5.32 Å². The third-order valence-corrected chi connectivity index (χ3v) is 4.15. The first-order valence-corrected chi connectivity index (χ1v) is 6.76. The number of carbonyl (C=O) groups excluding carboxylic acids is 1. The maximum atomic E-state index is 11.4. The van der Waals surface area contributed by atoms with Gasteiger partial charge in [0.2, 0.25) is 5.91 Å². The van der Waals surface area contributed by atoms with E-state index in [0.717, 1.165) is 14.8 Å². The van der Waals surface area contributed by atoms with Crippen molar-refractivity contribution >= 4 is 48.8 Å². The van der Waals surface area contributed by atoms with E-state index in [9.17, 15) is 14.9 Å². The van der Waals surface area contributed by atoms with E-state index < -0.39 is 4.92 Å². The molecule has 0 unspecified atom stereocenters. The van der Waals surface area contributed by atoms with Crippen LogP contribution >= 0.6 is 11.3 Å². The fraction of sp³-hybridized carbons (Fsp3) is 0.0714. The zero-order chi connectivity index (χ0) is 14.3. The molecule has 0 aliphatic carbocycles. The molecule has 0 fully saturated rings. The minimum Gasteiger partial charge on any atom is -0.321 e. The van der Waals surface area contributed by atoms with Gasteiger partial charge in [-0.25, -0.2) is 0 Å². The van der Waals surface area contributed by atoms with Crippen molar-refractivity contribution in [1.29, 1.82) is 0 Å². The van der Waals surface area contributed by atoms with Gasteiger partial charge in [0.1, 0.15) is 5.69 Å². The average molecular weight is 286 g/mol. The molecular weight excluding hydrogens is 276 g/mol. The number of hydrogen-bond donors (Lipinski definition) is 1. The lowest BCUT2D eigenvalue weighted by Gasteiger charge is -2.04. The van der Waals surface area contributed by atoms with Gasteiger partial charge < -0.3 is 5.32 Å². The van der Waals surface area contributed by atoms with Crippen LogP contribution in [0.3, 0.4) is 0 Å². The molecule has 0 aliphatic heterocycles. The van der Waals surface area contributed by atoms with Crippen LogP contribution in [-0.4, -0.2) is 10.8 Å². The fourth-order valence-electron chi connectivity index (χ4n) is 2.28. The van der Waals surface area contributed by atoms with Gasteiger partial charge in [-0.2, -0.15) is 0 Å². The normalized spacial score (nSPS) is 10.8. The fourth-order valence-corrected chi connectivity index (χ4v) is 3.39. The number of hydrogen-bond acceptors (Lipinski definition) is 4. The second kappa shape index (κ2) is 4.57. The zero-order valence-electron chi connectivity index (χ0n) is 10.5. The first-order chi connectivity index (χ1) is 9.58. The third-order valence-electron chi connectivity index (χ3n) is 3.01. The summed E-state index contributed by atoms with van der Waals surface area (Å²) >= 11 is 1.50. The van der Waals surface area contributed by atoms with Gasteiger partial charge in [-0.1, -0.05) is 18.2 Å². The van der Waals surface area contributed by atoms with Crippen molar-refractivity contribution in [2.24, 2.45) is 0 Å². The summed E-state index contributed by atoms with van der Waals surface area (Å²) in [5, 5.41) is 15.4. The molecule has 100 valence electrons. The lowest BCUT2D eigenvalue weighted by atomic mass is 10.1. The van der Waals surface area contributed by atoms with Crippen molar-refractivity contribution in [3.05, 3.63) is 46.5 Å². The Bertz CT molecular complexity index is 854. The van der Waals surface area contributed by atoms with Gasteiger partial charge in [0.05, 0.1) is 10.3 Å². The topological polar surface area (TPSA) is 72.2 Å². The van der Waals surface area contributed by atoms with Crippen LogP contribution in [0.2, 0.25) is 0 Å². The Labute approximate surface area is 118 Å². The SMILES string of the molecule is CC(=O)Nc1ccc2sc3ccccc3c2c1[N+](=O)[O-]. The summed E-state index contributed by atoms with van der Waals surface area (Å²) in [5.74, 6) is -0.327. The molecule has 0 atom stereocenters. The van der Waals surface area contributed by atoms with Gasteiger partial charge in [-0.15, -0.1) is 11.3 Å². The Balaban J connectivity index is 2.43. The molecule has 0 saturated carbocycles. The van der Waals surface area contributed by atoms with Crippen molar-refractivity contribution < 1.29 is 9.72 Å². The third kappa shape index (κ3) is 1.90. The molecule has 0 bridgehead atoms. The van der Waals surface area contributed by atoms with Gasteiger partial charge in [-0.3, -0.25) is 14.9 Å². The molecule has 3 aromatic rings. The van der Waals surface area contributed by atoms with Crippen LogP contribution < -0.4 is 5.32 Å². The van der Waals surface area contributed by atoms with Gasteiger partial charge in [0, 0.05) is 21.7 Å². The van der Waals surface area contributed by atoms with Crippen LogP contribution in [0.15, 0.2) is 36.4 Å². The van der Waals surface area contributed by atoms with Gasteiger partial charge in [-0.05, 0) is 18.2 Å². The van der Waals surface area contributed by atoms with Crippen molar-refractivity contribution in [1.82, 2.24) is 0 Å². The molecule has 1 N–H and O–H groups in total. The predicted octanol–water partition coefficient (Wildman–Crippen LogP) is 3.92. The second-order valence-corrected chi connectivity index (χ2v) is 5.46. The largest absolute Gasteiger partial charge is 0.321 e. The molecule has 5 nitrogen and oxygen atoms in total. The average Bonchev–Trinajstić information content (AvgIpc) is 2.76. The Kier molecular flexibility index (Phi) is 2.87. The maximum Gasteiger partial charge on any atom is 0.301 e. The maximum absolute atomic E-state index is 11.4. The number of thiophene rings is 1. The molecule has 0 radical (unpaired) electrons. The Hall–Kier alpha value is -2.47. The van der Waals surface area contributed by atoms with Crippen LogP contribution in [0.4, 0.5) is 11.4 Å². The predicted molar refractivity (Wildman–Crippen MR) is 80.3 cm³/mol. The highest BCUT2D eigenvalue weighted by Gasteiger charge is 2.22. The van der Waals surface area contributed by atoms with E-state index in [2.05, 4.69) is 5.32 Å². The number of anilines is 1. The molecule has 2 aromatic carbocycles. The quantitative estimate of drug-likeness (QED) is 0.573. The highest BCUT2D eigenvalue weighted by Crippen LogP contribution is 2.42. The summed E-state index contributed by atoms with van der Waals surface area (Å²) in [5.41, 5.74) is 0.189. The molecular formula is C14H10N2O3S. The summed E-state index contributed by atoms with van der Waals surface area (Å²) in [6.07, 6.45) is 0. The Morgan fingerprint density at radius 1 is 1.20 bits per heavy atom. The summed E-state index contributed by atoms with van der Waals surface area (Å²) in [6.45, 7) is 1.33. The first-order valence-electron chi connectivity index (χ1n) is 5.94. The van der Waals surface area contributed by atoms with Crippen molar-refractivity contribution in [2.45, 2.75) is 6.92 Å². The Morgan fingerprint density at radius 3 is 2.65 bits per heavy atom. The lowest BCUT2D eigenvalue weighted by molar-refractivity contribution is -0.382. The number of nitro benzene ring substituents is 1. The van der Waals surface area contributed by atoms with Crippen LogP contribution in [-0.2, 0) is 4.79 Å². The summed E-state index contributed by atoms with van der Waals surface area (Å²) in [4.78, 5) is 22.2. The van der Waals surface area contributed by atoms with E-state index in [0.29, 0.717) is 5.39 Å². The van der Waals surface area contributed by atoms with E-state index >= 15 is 0 Å². The van der Waals surface area contributed by atoms with Gasteiger partial charge in [0.15, 0.2) is 0 Å². The zero-order valence-corrected chi connectivity index (χ0v) is 11.4. The molecule has 20 heavy (non-hydrogen) atoms. The number of nitro groups is 1. The van der Waals surface area contributed by atoms with E-state index in [-0.39, 0.29) is 17.3 Å². The summed E-state index contributed by atoms with van der Waals surface area (Å²) in [7, 11) is 0. The van der Waals surface area contributed by atoms with Gasteiger partial charge >= 0.3 is 5.69 Å². The number of benzene rings is 2. The smallest absolute Gasteiger partial charge is 0.301 e. The number of nitrogens with zero attached hydrogens (tertiary/aromatic N) is 1. The number of nitrogens with one attached hydrogen (secondary N) is 1. The van der Waals surface area contributed by atoms with Crippen LogP contribution in [0.25, 0.3) is 20.2 Å². The van der Waals surface area contributed by atoms with E-state index in [1.807, 2.05) is 24.3 Å². The summed E-state index contributed by atoms with van der Waals surface area (Å²) < 4.78 is 1.83. The monoisotopic (exact) mass is 286 g/mol. The molecule has 0 aliphatic rings. The minimum atomic E-state index is -0.438. The lowest BCUT2D eigenvalue weighted by Crippen LogP contribution is -2.08.